The van der Waals surface area contributed by atoms with Crippen molar-refractivity contribution in [3.63, 3.8) is 0 Å². The summed E-state index contributed by atoms with van der Waals surface area (Å²) in [7, 11) is 0. The maximum atomic E-state index is 12.4. The van der Waals surface area contributed by atoms with Gasteiger partial charge < -0.3 is 19.8 Å². The summed E-state index contributed by atoms with van der Waals surface area (Å²) in [6.07, 6.45) is 1.73. The van der Waals surface area contributed by atoms with Gasteiger partial charge in [-0.1, -0.05) is 31.5 Å². The van der Waals surface area contributed by atoms with Crippen molar-refractivity contribution >= 4 is 34.4 Å². The molecule has 0 spiro atoms. The monoisotopic (exact) mass is 422 g/mol. The van der Waals surface area contributed by atoms with E-state index in [1.165, 1.54) is 12.1 Å². The van der Waals surface area contributed by atoms with Crippen molar-refractivity contribution in [2.75, 3.05) is 18.5 Å². The number of benzene rings is 2. The third-order valence-electron chi connectivity index (χ3n) is 4.44. The Balaban J connectivity index is 1.56. The van der Waals surface area contributed by atoms with Crippen molar-refractivity contribution in [1.82, 2.24) is 4.98 Å². The number of carbonyl (C=O) groups excluding carboxylic acids is 3. The largest absolute Gasteiger partial charge is 0.462 e. The highest BCUT2D eigenvalue weighted by molar-refractivity contribution is 6.04. The Hall–Kier alpha value is -3.94. The number of anilines is 1. The number of pyridine rings is 1. The number of amides is 1. The van der Waals surface area contributed by atoms with Gasteiger partial charge in [-0.3, -0.25) is 9.59 Å². The average Bonchev–Trinajstić information content (AvgIpc) is 2.77. The van der Waals surface area contributed by atoms with Gasteiger partial charge in [-0.25, -0.2) is 9.59 Å². The van der Waals surface area contributed by atoms with E-state index in [0.29, 0.717) is 28.8 Å². The van der Waals surface area contributed by atoms with E-state index in [1.807, 2.05) is 6.92 Å². The molecule has 3 aromatic rings. The smallest absolute Gasteiger partial charge is 0.339 e. The number of aromatic amines is 1. The fraction of sp³-hybridized carbons (Fsp3) is 0.217. The van der Waals surface area contributed by atoms with Crippen LogP contribution in [0.15, 0.2) is 59.4 Å². The number of rotatable bonds is 8. The second kappa shape index (κ2) is 10.2. The SMILES string of the molecule is CCCCOC(=O)c1ccc(NC(=O)COC(=O)c2cc(=O)[nH]c3ccccc23)cc1. The van der Waals surface area contributed by atoms with Gasteiger partial charge >= 0.3 is 11.9 Å². The maximum Gasteiger partial charge on any atom is 0.339 e. The molecule has 0 bridgehead atoms. The molecular weight excluding hydrogens is 400 g/mol. The molecule has 2 N–H and O–H groups in total. The molecule has 1 amide bonds. The van der Waals surface area contributed by atoms with E-state index in [0.717, 1.165) is 18.9 Å². The molecule has 2 aromatic carbocycles. The molecule has 8 heteroatoms. The minimum Gasteiger partial charge on any atom is -0.462 e. The van der Waals surface area contributed by atoms with Crippen molar-refractivity contribution in [3.8, 4) is 0 Å². The molecule has 1 heterocycles. The van der Waals surface area contributed by atoms with Crippen LogP contribution >= 0.6 is 0 Å². The molecule has 0 aliphatic carbocycles. The molecule has 0 radical (unpaired) electrons. The topological polar surface area (TPSA) is 115 Å². The number of hydrogen-bond donors (Lipinski definition) is 2. The zero-order valence-corrected chi connectivity index (χ0v) is 17.0. The Morgan fingerprint density at radius 2 is 1.71 bits per heavy atom. The Bertz CT molecular complexity index is 1150. The molecule has 160 valence electrons. The molecule has 8 nitrogen and oxygen atoms in total. The van der Waals surface area contributed by atoms with Gasteiger partial charge in [0.25, 0.3) is 5.91 Å². The van der Waals surface area contributed by atoms with Crippen molar-refractivity contribution in [3.05, 3.63) is 76.1 Å². The van der Waals surface area contributed by atoms with Crippen LogP contribution in [0, 0.1) is 0 Å². The van der Waals surface area contributed by atoms with Gasteiger partial charge in [-0.2, -0.15) is 0 Å². The van der Waals surface area contributed by atoms with E-state index < -0.39 is 30.0 Å². The maximum absolute atomic E-state index is 12.4. The van der Waals surface area contributed by atoms with Crippen LogP contribution in [0.4, 0.5) is 5.69 Å². The van der Waals surface area contributed by atoms with E-state index in [-0.39, 0.29) is 5.56 Å². The van der Waals surface area contributed by atoms with Gasteiger partial charge in [-0.15, -0.1) is 0 Å². The Kier molecular flexibility index (Phi) is 7.16. The summed E-state index contributed by atoms with van der Waals surface area (Å²) in [5, 5.41) is 3.10. The third kappa shape index (κ3) is 5.79. The number of hydrogen-bond acceptors (Lipinski definition) is 6. The number of aromatic nitrogens is 1. The van der Waals surface area contributed by atoms with Crippen molar-refractivity contribution in [2.24, 2.45) is 0 Å². The molecule has 0 aliphatic heterocycles. The summed E-state index contributed by atoms with van der Waals surface area (Å²) in [5.41, 5.74) is 0.954. The highest BCUT2D eigenvalue weighted by Crippen LogP contribution is 2.16. The number of esters is 2. The summed E-state index contributed by atoms with van der Waals surface area (Å²) < 4.78 is 10.2. The van der Waals surface area contributed by atoms with E-state index in [4.69, 9.17) is 9.47 Å². The van der Waals surface area contributed by atoms with Crippen LogP contribution in [-0.4, -0.2) is 36.0 Å². The Labute approximate surface area is 178 Å². The van der Waals surface area contributed by atoms with Crippen LogP contribution in [0.2, 0.25) is 0 Å². The van der Waals surface area contributed by atoms with Gasteiger partial charge in [0.05, 0.1) is 17.7 Å². The lowest BCUT2D eigenvalue weighted by atomic mass is 10.1. The molecule has 0 fully saturated rings. The number of para-hydroxylation sites is 1. The molecule has 0 unspecified atom stereocenters. The number of fused-ring (bicyclic) bond motifs is 1. The lowest BCUT2D eigenvalue weighted by Gasteiger charge is -2.09. The van der Waals surface area contributed by atoms with Crippen molar-refractivity contribution in [1.29, 1.82) is 0 Å². The van der Waals surface area contributed by atoms with Gasteiger partial charge in [-0.05, 0) is 36.8 Å². The van der Waals surface area contributed by atoms with Crippen LogP contribution in [0.25, 0.3) is 10.9 Å². The van der Waals surface area contributed by atoms with E-state index >= 15 is 0 Å². The van der Waals surface area contributed by atoms with Crippen LogP contribution in [0.5, 0.6) is 0 Å². The number of unbranched alkanes of at least 4 members (excludes halogenated alkanes) is 1. The lowest BCUT2D eigenvalue weighted by Crippen LogP contribution is -2.22. The van der Waals surface area contributed by atoms with Crippen LogP contribution in [-0.2, 0) is 14.3 Å². The standard InChI is InChI=1S/C23H22N2O6/c1-2-3-12-30-22(28)15-8-10-16(11-9-15)24-21(27)14-31-23(29)18-13-20(26)25-19-7-5-4-6-17(18)19/h4-11,13H,2-3,12,14H2,1H3,(H,24,27)(H,25,26). The quantitative estimate of drug-likeness (QED) is 0.425. The molecule has 0 saturated heterocycles. The highest BCUT2D eigenvalue weighted by atomic mass is 16.5. The first-order valence-electron chi connectivity index (χ1n) is 9.84. The van der Waals surface area contributed by atoms with Gasteiger partial charge in [0.15, 0.2) is 6.61 Å². The Morgan fingerprint density at radius 1 is 0.968 bits per heavy atom. The van der Waals surface area contributed by atoms with Crippen LogP contribution < -0.4 is 10.9 Å². The summed E-state index contributed by atoms with van der Waals surface area (Å²) >= 11 is 0. The minimum absolute atomic E-state index is 0.0816. The summed E-state index contributed by atoms with van der Waals surface area (Å²) in [6, 6.07) is 14.1. The highest BCUT2D eigenvalue weighted by Gasteiger charge is 2.15. The first-order chi connectivity index (χ1) is 15.0. The number of carbonyl (C=O) groups is 3. The summed E-state index contributed by atoms with van der Waals surface area (Å²) in [4.78, 5) is 50.8. The number of H-pyrrole nitrogens is 1. The van der Waals surface area contributed by atoms with Crippen molar-refractivity contribution < 1.29 is 23.9 Å². The first-order valence-corrected chi connectivity index (χ1v) is 9.84. The number of ether oxygens (including phenoxy) is 2. The van der Waals surface area contributed by atoms with E-state index in [2.05, 4.69) is 10.3 Å². The minimum atomic E-state index is -0.775. The Morgan fingerprint density at radius 3 is 2.45 bits per heavy atom. The second-order valence-corrected chi connectivity index (χ2v) is 6.78. The van der Waals surface area contributed by atoms with Crippen LogP contribution in [0.1, 0.15) is 40.5 Å². The molecular formula is C23H22N2O6. The second-order valence-electron chi connectivity index (χ2n) is 6.78. The van der Waals surface area contributed by atoms with E-state index in [9.17, 15) is 19.2 Å². The fourth-order valence-corrected chi connectivity index (χ4v) is 2.86. The zero-order valence-electron chi connectivity index (χ0n) is 17.0. The molecule has 0 aliphatic rings. The lowest BCUT2D eigenvalue weighted by molar-refractivity contribution is -0.119. The molecule has 1 aromatic heterocycles. The van der Waals surface area contributed by atoms with Crippen molar-refractivity contribution in [2.45, 2.75) is 19.8 Å². The number of nitrogens with one attached hydrogen (secondary N) is 2. The van der Waals surface area contributed by atoms with Crippen LogP contribution in [0.3, 0.4) is 0 Å². The summed E-state index contributed by atoms with van der Waals surface area (Å²) in [6.45, 7) is 1.84. The van der Waals surface area contributed by atoms with Gasteiger partial charge in [0.1, 0.15) is 0 Å². The molecule has 3 rings (SSSR count). The fourth-order valence-electron chi connectivity index (χ4n) is 2.86. The van der Waals surface area contributed by atoms with E-state index in [1.54, 1.807) is 36.4 Å². The predicted octanol–water partition coefficient (Wildman–Crippen LogP) is 3.28. The van der Waals surface area contributed by atoms with Gasteiger partial charge in [0.2, 0.25) is 5.56 Å². The zero-order chi connectivity index (χ0) is 22.2. The third-order valence-corrected chi connectivity index (χ3v) is 4.44. The average molecular weight is 422 g/mol. The molecule has 31 heavy (non-hydrogen) atoms. The normalized spacial score (nSPS) is 10.5. The van der Waals surface area contributed by atoms with Gasteiger partial charge in [0, 0.05) is 22.7 Å². The molecule has 0 saturated carbocycles. The summed E-state index contributed by atoms with van der Waals surface area (Å²) in [5.74, 6) is -1.76. The molecule has 0 atom stereocenters. The predicted molar refractivity (Wildman–Crippen MR) is 115 cm³/mol. The first kappa shape index (κ1) is 21.8.